The number of hydrogen-bond acceptors (Lipinski definition) is 0. The van der Waals surface area contributed by atoms with Crippen LogP contribution in [0.4, 0.5) is 8.78 Å². The summed E-state index contributed by atoms with van der Waals surface area (Å²) >= 11 is 0. The molecule has 0 aromatic heterocycles. The zero-order chi connectivity index (χ0) is 16.2. The van der Waals surface area contributed by atoms with E-state index >= 15 is 0 Å². The third-order valence-corrected chi connectivity index (χ3v) is 5.12. The van der Waals surface area contributed by atoms with Gasteiger partial charge in [0.1, 0.15) is 11.6 Å². The number of halogens is 2. The number of benzene rings is 2. The quantitative estimate of drug-likeness (QED) is 0.588. The van der Waals surface area contributed by atoms with E-state index in [9.17, 15) is 8.78 Å². The predicted octanol–water partition coefficient (Wildman–Crippen LogP) is 6.71. The number of hydrogen-bond donors (Lipinski definition) is 0. The normalized spacial score (nSPS) is 21.3. The molecule has 122 valence electrons. The van der Waals surface area contributed by atoms with Gasteiger partial charge in [0.05, 0.1) is 0 Å². The van der Waals surface area contributed by atoms with Gasteiger partial charge in [-0.3, -0.25) is 0 Å². The Bertz CT molecular complexity index is 617. The van der Waals surface area contributed by atoms with Crippen molar-refractivity contribution in [1.82, 2.24) is 0 Å². The summed E-state index contributed by atoms with van der Waals surface area (Å²) in [6.07, 6.45) is 7.83. The molecule has 1 aliphatic rings. The fraction of sp³-hybridized carbons (Fsp3) is 0.429. The van der Waals surface area contributed by atoms with Crippen molar-refractivity contribution in [3.05, 3.63) is 59.7 Å². The molecule has 0 heterocycles. The molecule has 0 atom stereocenters. The summed E-state index contributed by atoms with van der Waals surface area (Å²) in [5.41, 5.74) is 2.83. The first-order chi connectivity index (χ1) is 11.2. The molecule has 2 aromatic carbocycles. The van der Waals surface area contributed by atoms with Crippen molar-refractivity contribution in [3.63, 3.8) is 0 Å². The van der Waals surface area contributed by atoms with Crippen LogP contribution in [0.15, 0.2) is 42.5 Å². The van der Waals surface area contributed by atoms with Gasteiger partial charge in [0.25, 0.3) is 0 Å². The van der Waals surface area contributed by atoms with Gasteiger partial charge in [-0.25, -0.2) is 8.78 Å². The summed E-state index contributed by atoms with van der Waals surface area (Å²) in [4.78, 5) is 0. The van der Waals surface area contributed by atoms with Crippen molar-refractivity contribution < 1.29 is 8.78 Å². The first kappa shape index (κ1) is 16.2. The molecule has 0 saturated heterocycles. The fourth-order valence-corrected chi connectivity index (χ4v) is 3.86. The Morgan fingerprint density at radius 3 is 2.00 bits per heavy atom. The smallest absolute Gasteiger partial charge is 0.126 e. The Hall–Kier alpha value is -1.70. The fourth-order valence-electron chi connectivity index (χ4n) is 3.86. The molecule has 1 saturated carbocycles. The molecule has 2 aromatic rings. The molecule has 1 aliphatic carbocycles. The van der Waals surface area contributed by atoms with Crippen LogP contribution in [0.3, 0.4) is 0 Å². The van der Waals surface area contributed by atoms with Crippen LogP contribution < -0.4 is 0 Å². The van der Waals surface area contributed by atoms with Crippen LogP contribution in [-0.2, 0) is 0 Å². The first-order valence-corrected chi connectivity index (χ1v) is 8.72. The van der Waals surface area contributed by atoms with Crippen LogP contribution >= 0.6 is 0 Å². The summed E-state index contributed by atoms with van der Waals surface area (Å²) in [6, 6.07) is 11.9. The molecule has 0 unspecified atom stereocenters. The van der Waals surface area contributed by atoms with Gasteiger partial charge in [-0.2, -0.15) is 0 Å². The van der Waals surface area contributed by atoms with Gasteiger partial charge in [-0.05, 0) is 66.3 Å². The summed E-state index contributed by atoms with van der Waals surface area (Å²) in [7, 11) is 0. The highest BCUT2D eigenvalue weighted by Crippen LogP contribution is 2.38. The highest BCUT2D eigenvalue weighted by Gasteiger charge is 2.21. The van der Waals surface area contributed by atoms with Gasteiger partial charge in [0, 0.05) is 6.07 Å². The standard InChI is InChI=1S/C21H24F2/c1-2-3-15-4-6-16(7-5-15)17-8-10-18(11-9-17)19-12-20(22)14-21(23)13-19/h8-16H,2-7H2,1H3. The molecule has 1 fully saturated rings. The van der Waals surface area contributed by atoms with Crippen molar-refractivity contribution in [2.75, 3.05) is 0 Å². The van der Waals surface area contributed by atoms with Crippen molar-refractivity contribution in [2.45, 2.75) is 51.4 Å². The molecule has 0 spiro atoms. The van der Waals surface area contributed by atoms with E-state index in [-0.39, 0.29) is 0 Å². The molecule has 0 aliphatic heterocycles. The highest BCUT2D eigenvalue weighted by molar-refractivity contribution is 5.63. The summed E-state index contributed by atoms with van der Waals surface area (Å²) in [6.45, 7) is 2.26. The maximum absolute atomic E-state index is 13.3. The lowest BCUT2D eigenvalue weighted by Crippen LogP contribution is -2.13. The second-order valence-corrected chi connectivity index (χ2v) is 6.79. The van der Waals surface area contributed by atoms with Crippen LogP contribution in [-0.4, -0.2) is 0 Å². The van der Waals surface area contributed by atoms with Gasteiger partial charge >= 0.3 is 0 Å². The lowest BCUT2D eigenvalue weighted by molar-refractivity contribution is 0.308. The zero-order valence-corrected chi connectivity index (χ0v) is 13.7. The monoisotopic (exact) mass is 314 g/mol. The van der Waals surface area contributed by atoms with E-state index < -0.39 is 11.6 Å². The van der Waals surface area contributed by atoms with Crippen LogP contribution in [0.5, 0.6) is 0 Å². The van der Waals surface area contributed by atoms with Crippen LogP contribution in [0.2, 0.25) is 0 Å². The Kier molecular flexibility index (Phi) is 5.09. The lowest BCUT2D eigenvalue weighted by Gasteiger charge is -2.28. The van der Waals surface area contributed by atoms with Crippen LogP contribution in [0.25, 0.3) is 11.1 Å². The van der Waals surface area contributed by atoms with E-state index in [1.807, 2.05) is 12.1 Å². The van der Waals surface area contributed by atoms with E-state index in [0.717, 1.165) is 17.5 Å². The topological polar surface area (TPSA) is 0 Å². The van der Waals surface area contributed by atoms with Gasteiger partial charge in [-0.15, -0.1) is 0 Å². The van der Waals surface area contributed by atoms with E-state index in [4.69, 9.17) is 0 Å². The molecule has 0 nitrogen and oxygen atoms in total. The molecular weight excluding hydrogens is 290 g/mol. The third kappa shape index (κ3) is 3.99. The van der Waals surface area contributed by atoms with Gasteiger partial charge in [-0.1, -0.05) is 44.0 Å². The summed E-state index contributed by atoms with van der Waals surface area (Å²) in [5, 5.41) is 0. The van der Waals surface area contributed by atoms with Crippen molar-refractivity contribution in [3.8, 4) is 11.1 Å². The Morgan fingerprint density at radius 2 is 1.43 bits per heavy atom. The van der Waals surface area contributed by atoms with Gasteiger partial charge in [0.2, 0.25) is 0 Å². The second kappa shape index (κ2) is 7.25. The van der Waals surface area contributed by atoms with Gasteiger partial charge in [0.15, 0.2) is 0 Å². The van der Waals surface area contributed by atoms with Crippen LogP contribution in [0, 0.1) is 17.6 Å². The lowest BCUT2D eigenvalue weighted by atomic mass is 9.77. The maximum Gasteiger partial charge on any atom is 0.126 e. The average molecular weight is 314 g/mol. The van der Waals surface area contributed by atoms with Crippen molar-refractivity contribution >= 4 is 0 Å². The Labute approximate surface area is 137 Å². The second-order valence-electron chi connectivity index (χ2n) is 6.79. The molecular formula is C21H24F2. The van der Waals surface area contributed by atoms with Crippen LogP contribution in [0.1, 0.15) is 56.9 Å². The van der Waals surface area contributed by atoms with Crippen molar-refractivity contribution in [2.24, 2.45) is 5.92 Å². The Morgan fingerprint density at radius 1 is 0.826 bits per heavy atom. The van der Waals surface area contributed by atoms with E-state index in [2.05, 4.69) is 19.1 Å². The molecule has 0 amide bonds. The summed E-state index contributed by atoms with van der Waals surface area (Å²) < 4.78 is 26.7. The minimum atomic E-state index is -0.529. The van der Waals surface area contributed by atoms with E-state index in [1.54, 1.807) is 0 Å². The number of rotatable bonds is 4. The van der Waals surface area contributed by atoms with Gasteiger partial charge < -0.3 is 0 Å². The maximum atomic E-state index is 13.3. The third-order valence-electron chi connectivity index (χ3n) is 5.12. The minimum absolute atomic E-state index is 0.529. The average Bonchev–Trinajstić information content (AvgIpc) is 2.55. The van der Waals surface area contributed by atoms with E-state index in [0.29, 0.717) is 11.5 Å². The molecule has 0 bridgehead atoms. The molecule has 2 heteroatoms. The molecule has 0 radical (unpaired) electrons. The Balaban J connectivity index is 1.70. The van der Waals surface area contributed by atoms with E-state index in [1.165, 1.54) is 56.2 Å². The largest absolute Gasteiger partial charge is 0.207 e. The molecule has 23 heavy (non-hydrogen) atoms. The first-order valence-electron chi connectivity index (χ1n) is 8.72. The predicted molar refractivity (Wildman–Crippen MR) is 91.4 cm³/mol. The highest BCUT2D eigenvalue weighted by atomic mass is 19.1. The summed E-state index contributed by atoms with van der Waals surface area (Å²) in [5.74, 6) is 0.490. The molecule has 0 N–H and O–H groups in total. The zero-order valence-electron chi connectivity index (χ0n) is 13.7. The SMILES string of the molecule is CCCC1CCC(c2ccc(-c3cc(F)cc(F)c3)cc2)CC1. The molecule has 3 rings (SSSR count). The minimum Gasteiger partial charge on any atom is -0.207 e. The van der Waals surface area contributed by atoms with Crippen molar-refractivity contribution in [1.29, 1.82) is 0 Å².